The second kappa shape index (κ2) is 13.7. The summed E-state index contributed by atoms with van der Waals surface area (Å²) in [6.45, 7) is 1.98. The van der Waals surface area contributed by atoms with E-state index >= 15 is 0 Å². The van der Waals surface area contributed by atoms with Crippen molar-refractivity contribution in [2.45, 2.75) is 25.8 Å². The van der Waals surface area contributed by atoms with Gasteiger partial charge in [-0.05, 0) is 66.8 Å². The molecule has 12 nitrogen and oxygen atoms in total. The highest BCUT2D eigenvalue weighted by Crippen LogP contribution is 2.34. The number of carbonyl (C=O) groups is 2. The summed E-state index contributed by atoms with van der Waals surface area (Å²) in [5.41, 5.74) is 4.94. The van der Waals surface area contributed by atoms with Crippen LogP contribution in [0.2, 0.25) is 5.02 Å². The maximum absolute atomic E-state index is 13.2. The number of fused-ring (bicyclic) bond motifs is 4. The summed E-state index contributed by atoms with van der Waals surface area (Å²) in [5.74, 6) is 1.09. The van der Waals surface area contributed by atoms with E-state index in [2.05, 4.69) is 25.8 Å². The lowest BCUT2D eigenvalue weighted by molar-refractivity contribution is -0.126. The van der Waals surface area contributed by atoms with Crippen LogP contribution in [-0.2, 0) is 16.0 Å². The molecular formula is C33H31BClN7O5. The molecule has 5 aromatic rings. The van der Waals surface area contributed by atoms with E-state index in [-0.39, 0.29) is 24.8 Å². The van der Waals surface area contributed by atoms with Crippen molar-refractivity contribution in [3.05, 3.63) is 106 Å². The molecule has 0 bridgehead atoms. The molecule has 0 radical (unpaired) electrons. The van der Waals surface area contributed by atoms with Gasteiger partial charge in [0.1, 0.15) is 17.6 Å². The van der Waals surface area contributed by atoms with Crippen molar-refractivity contribution in [1.82, 2.24) is 30.4 Å². The number of amides is 2. The van der Waals surface area contributed by atoms with Gasteiger partial charge < -0.3 is 25.4 Å². The number of nitrogens with zero attached hydrogens (tertiary/aromatic N) is 5. The normalized spacial score (nSPS) is 13.6. The van der Waals surface area contributed by atoms with Gasteiger partial charge in [0.05, 0.1) is 37.0 Å². The SMILES string of the molecule is COc1ccc2c(c1)C(c1ccc(Cl)cc1)=N[C@@H](CC(=O)NCC(=O)NCCc1cnc3cc(B(O)O)ccc3c1)c1nnc(C)n1-2. The number of aromatic nitrogens is 4. The van der Waals surface area contributed by atoms with Gasteiger partial charge in [0, 0.05) is 34.3 Å². The second-order valence-corrected chi connectivity index (χ2v) is 11.5. The van der Waals surface area contributed by atoms with E-state index in [1.54, 1.807) is 43.6 Å². The highest BCUT2D eigenvalue weighted by molar-refractivity contribution is 6.58. The highest BCUT2D eigenvalue weighted by atomic mass is 35.5. The second-order valence-electron chi connectivity index (χ2n) is 11.1. The van der Waals surface area contributed by atoms with Crippen LogP contribution in [0.25, 0.3) is 16.6 Å². The predicted molar refractivity (Wildman–Crippen MR) is 178 cm³/mol. The zero-order valence-corrected chi connectivity index (χ0v) is 26.4. The molecule has 2 amide bonds. The molecule has 238 valence electrons. The Morgan fingerprint density at radius 2 is 1.81 bits per heavy atom. The molecular weight excluding hydrogens is 621 g/mol. The number of hydrogen-bond donors (Lipinski definition) is 4. The molecule has 0 saturated carbocycles. The van der Waals surface area contributed by atoms with Gasteiger partial charge in [-0.15, -0.1) is 10.2 Å². The van der Waals surface area contributed by atoms with Crippen molar-refractivity contribution < 1.29 is 24.4 Å². The van der Waals surface area contributed by atoms with Crippen LogP contribution in [0.1, 0.15) is 40.8 Å². The molecule has 0 saturated heterocycles. The molecule has 14 heteroatoms. The van der Waals surface area contributed by atoms with Crippen LogP contribution in [0.4, 0.5) is 0 Å². The van der Waals surface area contributed by atoms with Crippen molar-refractivity contribution in [1.29, 1.82) is 0 Å². The van der Waals surface area contributed by atoms with E-state index in [1.165, 1.54) is 0 Å². The molecule has 3 heterocycles. The average molecular weight is 652 g/mol. The van der Waals surface area contributed by atoms with E-state index in [4.69, 9.17) is 21.3 Å². The Morgan fingerprint density at radius 1 is 1.00 bits per heavy atom. The van der Waals surface area contributed by atoms with Gasteiger partial charge >= 0.3 is 7.12 Å². The number of ether oxygens (including phenoxy) is 1. The fourth-order valence-corrected chi connectivity index (χ4v) is 5.62. The van der Waals surface area contributed by atoms with Crippen LogP contribution >= 0.6 is 11.6 Å². The summed E-state index contributed by atoms with van der Waals surface area (Å²) in [4.78, 5) is 35.2. The van der Waals surface area contributed by atoms with Crippen molar-refractivity contribution >= 4 is 52.6 Å². The highest BCUT2D eigenvalue weighted by Gasteiger charge is 2.30. The Morgan fingerprint density at radius 3 is 2.57 bits per heavy atom. The Kier molecular flexibility index (Phi) is 9.30. The fraction of sp³-hybridized carbons (Fsp3) is 0.212. The third kappa shape index (κ3) is 7.02. The quantitative estimate of drug-likeness (QED) is 0.167. The van der Waals surface area contributed by atoms with Crippen LogP contribution in [0, 0.1) is 6.92 Å². The summed E-state index contributed by atoms with van der Waals surface area (Å²) in [6, 6.07) is 19.2. The van der Waals surface area contributed by atoms with Crippen LogP contribution < -0.4 is 20.8 Å². The van der Waals surface area contributed by atoms with Crippen LogP contribution in [0.5, 0.6) is 5.75 Å². The van der Waals surface area contributed by atoms with Crippen molar-refractivity contribution in [3.63, 3.8) is 0 Å². The van der Waals surface area contributed by atoms with E-state index in [9.17, 15) is 19.6 Å². The van der Waals surface area contributed by atoms with Gasteiger partial charge in [-0.25, -0.2) is 0 Å². The summed E-state index contributed by atoms with van der Waals surface area (Å²) >= 11 is 6.18. The van der Waals surface area contributed by atoms with Crippen molar-refractivity contribution in [3.8, 4) is 11.4 Å². The molecule has 0 fully saturated rings. The van der Waals surface area contributed by atoms with Crippen molar-refractivity contribution in [2.75, 3.05) is 20.2 Å². The molecule has 47 heavy (non-hydrogen) atoms. The maximum Gasteiger partial charge on any atom is 0.488 e. The number of benzene rings is 3. The smallest absolute Gasteiger partial charge is 0.488 e. The number of rotatable bonds is 10. The summed E-state index contributed by atoms with van der Waals surface area (Å²) in [6.07, 6.45) is 2.15. The first-order valence-electron chi connectivity index (χ1n) is 14.9. The topological polar surface area (TPSA) is 164 Å². The number of hydrogen-bond acceptors (Lipinski definition) is 9. The maximum atomic E-state index is 13.2. The number of nitrogens with one attached hydrogen (secondary N) is 2. The lowest BCUT2D eigenvalue weighted by Crippen LogP contribution is -2.38. The van der Waals surface area contributed by atoms with Crippen LogP contribution in [-0.4, -0.2) is 74.6 Å². The predicted octanol–water partition coefficient (Wildman–Crippen LogP) is 2.22. The van der Waals surface area contributed by atoms with Gasteiger partial charge in [-0.1, -0.05) is 35.9 Å². The van der Waals surface area contributed by atoms with Crippen molar-refractivity contribution in [2.24, 2.45) is 4.99 Å². The molecule has 1 aliphatic heterocycles. The van der Waals surface area contributed by atoms with Gasteiger partial charge in [0.25, 0.3) is 0 Å². The molecule has 3 aromatic carbocycles. The number of methoxy groups -OCH3 is 1. The number of aryl methyl sites for hydroxylation is 1. The number of halogens is 1. The largest absolute Gasteiger partial charge is 0.497 e. The molecule has 2 aromatic heterocycles. The lowest BCUT2D eigenvalue weighted by atomic mass is 9.80. The zero-order chi connectivity index (χ0) is 33.1. The molecule has 6 rings (SSSR count). The Bertz CT molecular complexity index is 2000. The van der Waals surface area contributed by atoms with E-state index < -0.39 is 13.2 Å². The van der Waals surface area contributed by atoms with Gasteiger partial charge in [0.15, 0.2) is 5.82 Å². The first-order chi connectivity index (χ1) is 22.7. The lowest BCUT2D eigenvalue weighted by Gasteiger charge is -2.14. The van der Waals surface area contributed by atoms with Crippen LogP contribution in [0.3, 0.4) is 0 Å². The Balaban J connectivity index is 1.13. The average Bonchev–Trinajstić information content (AvgIpc) is 3.40. The summed E-state index contributed by atoms with van der Waals surface area (Å²) < 4.78 is 7.41. The minimum atomic E-state index is -1.56. The minimum Gasteiger partial charge on any atom is -0.497 e. The van der Waals surface area contributed by atoms with Gasteiger partial charge in [0.2, 0.25) is 11.8 Å². The van der Waals surface area contributed by atoms with Crippen LogP contribution in [0.15, 0.2) is 77.9 Å². The van der Waals surface area contributed by atoms with Gasteiger partial charge in [-0.3, -0.25) is 24.1 Å². The number of carbonyl (C=O) groups excluding carboxylic acids is 2. The monoisotopic (exact) mass is 651 g/mol. The first-order valence-corrected chi connectivity index (χ1v) is 15.3. The number of pyridine rings is 1. The standard InChI is InChI=1S/C33H31BClN7O5/c1-19-40-41-33-28(39-32(21-4-7-24(35)8-5-21)26-15-25(47-2)9-10-29(26)42(19)33)16-30(43)38-18-31(44)36-12-11-20-13-22-3-6-23(34(45)46)14-27(22)37-17-20/h3-10,13-15,17,28,45-46H,11-12,16,18H2,1-2H3,(H,36,44)(H,38,43)/t28-/m0/s1. The summed E-state index contributed by atoms with van der Waals surface area (Å²) in [5, 5.41) is 34.4. The van der Waals surface area contributed by atoms with E-state index in [0.29, 0.717) is 52.1 Å². The summed E-state index contributed by atoms with van der Waals surface area (Å²) in [7, 11) is 0.0354. The molecule has 1 atom stereocenters. The third-order valence-electron chi connectivity index (χ3n) is 7.87. The zero-order valence-electron chi connectivity index (χ0n) is 25.6. The van der Waals surface area contributed by atoms with E-state index in [1.807, 2.05) is 47.9 Å². The third-order valence-corrected chi connectivity index (χ3v) is 8.13. The Labute approximate surface area is 275 Å². The number of aliphatic imine (C=N–C) groups is 1. The fourth-order valence-electron chi connectivity index (χ4n) is 5.49. The molecule has 0 unspecified atom stereocenters. The van der Waals surface area contributed by atoms with Gasteiger partial charge in [-0.2, -0.15) is 0 Å². The molecule has 4 N–H and O–H groups in total. The van der Waals surface area contributed by atoms with E-state index in [0.717, 1.165) is 27.8 Å². The first kappa shape index (κ1) is 31.9. The molecule has 1 aliphatic rings. The molecule has 0 spiro atoms. The molecule has 0 aliphatic carbocycles. The Hall–Kier alpha value is -5.11. The minimum absolute atomic E-state index is 0.0641.